The Labute approximate surface area is 107 Å². The molecule has 0 aliphatic heterocycles. The highest BCUT2D eigenvalue weighted by molar-refractivity contribution is 14.1. The summed E-state index contributed by atoms with van der Waals surface area (Å²) in [5, 5.41) is 9.46. The average Bonchev–Trinajstić information content (AvgIpc) is 2.21. The lowest BCUT2D eigenvalue weighted by atomic mass is 10.2. The van der Waals surface area contributed by atoms with Crippen LogP contribution >= 0.6 is 34.2 Å². The molecule has 0 heterocycles. The fourth-order valence-corrected chi connectivity index (χ4v) is 1.68. The maximum Gasteiger partial charge on any atom is 0.253 e. The molecule has 1 N–H and O–H groups in total. The van der Waals surface area contributed by atoms with Crippen LogP contribution in [0.5, 0.6) is 5.75 Å². The lowest BCUT2D eigenvalue weighted by molar-refractivity contribution is 0.0803. The quantitative estimate of drug-likeness (QED) is 0.678. The van der Waals surface area contributed by atoms with Crippen molar-refractivity contribution in [3.63, 3.8) is 0 Å². The highest BCUT2D eigenvalue weighted by Crippen LogP contribution is 2.21. The first-order valence-electron chi connectivity index (χ1n) is 4.36. The van der Waals surface area contributed by atoms with Crippen LogP contribution in [0.1, 0.15) is 10.4 Å². The molecule has 3 nitrogen and oxygen atoms in total. The number of phenols is 1. The number of benzene rings is 1. The second-order valence-corrected chi connectivity index (χ2v) is 4.62. The molecular weight excluding hydrogens is 328 g/mol. The molecule has 15 heavy (non-hydrogen) atoms. The molecule has 0 radical (unpaired) electrons. The summed E-state index contributed by atoms with van der Waals surface area (Å²) in [4.78, 5) is 13.3. The number of hydrogen-bond acceptors (Lipinski definition) is 2. The third-order valence-corrected chi connectivity index (χ3v) is 3.04. The van der Waals surface area contributed by atoms with Gasteiger partial charge in [0.2, 0.25) is 0 Å². The van der Waals surface area contributed by atoms with Crippen LogP contribution in [-0.4, -0.2) is 35.4 Å². The van der Waals surface area contributed by atoms with Crippen molar-refractivity contribution < 1.29 is 9.90 Å². The number of halogens is 2. The number of phenolic OH excluding ortho intramolecular Hbond substituents is 1. The van der Waals surface area contributed by atoms with Gasteiger partial charge in [0.15, 0.2) is 0 Å². The monoisotopic (exact) mass is 339 g/mol. The van der Waals surface area contributed by atoms with Crippen LogP contribution in [0, 0.1) is 3.57 Å². The van der Waals surface area contributed by atoms with E-state index in [0.717, 1.165) is 3.57 Å². The van der Waals surface area contributed by atoms with E-state index >= 15 is 0 Å². The minimum atomic E-state index is -0.137. The molecule has 0 saturated heterocycles. The van der Waals surface area contributed by atoms with Gasteiger partial charge in [-0.1, -0.05) is 0 Å². The van der Waals surface area contributed by atoms with Crippen molar-refractivity contribution in [2.24, 2.45) is 0 Å². The van der Waals surface area contributed by atoms with E-state index in [1.807, 2.05) is 22.6 Å². The normalized spacial score (nSPS) is 10.1. The van der Waals surface area contributed by atoms with Crippen LogP contribution < -0.4 is 0 Å². The predicted molar refractivity (Wildman–Crippen MR) is 68.5 cm³/mol. The van der Waals surface area contributed by atoms with Crippen molar-refractivity contribution >= 4 is 40.1 Å². The summed E-state index contributed by atoms with van der Waals surface area (Å²) >= 11 is 7.54. The highest BCUT2D eigenvalue weighted by atomic mass is 127. The van der Waals surface area contributed by atoms with Crippen molar-refractivity contribution in [2.75, 3.05) is 19.5 Å². The Hall–Kier alpha value is -0.490. The van der Waals surface area contributed by atoms with Crippen molar-refractivity contribution in [3.05, 3.63) is 27.3 Å². The molecule has 1 aromatic carbocycles. The molecule has 0 atom stereocenters. The highest BCUT2D eigenvalue weighted by Gasteiger charge is 2.12. The first kappa shape index (κ1) is 12.6. The van der Waals surface area contributed by atoms with E-state index in [-0.39, 0.29) is 11.7 Å². The van der Waals surface area contributed by atoms with Crippen molar-refractivity contribution in [3.8, 4) is 5.75 Å². The minimum absolute atomic E-state index is 0.126. The van der Waals surface area contributed by atoms with Gasteiger partial charge in [0.1, 0.15) is 5.75 Å². The summed E-state index contributed by atoms with van der Waals surface area (Å²) in [6.07, 6.45) is 0. The van der Waals surface area contributed by atoms with Crippen molar-refractivity contribution in [2.45, 2.75) is 0 Å². The van der Waals surface area contributed by atoms with Gasteiger partial charge >= 0.3 is 0 Å². The maximum atomic E-state index is 11.8. The van der Waals surface area contributed by atoms with Gasteiger partial charge in [0.25, 0.3) is 5.91 Å². The molecule has 0 fully saturated rings. The SMILES string of the molecule is CN(CCCl)C(=O)c1ccc(I)c(O)c1. The summed E-state index contributed by atoms with van der Waals surface area (Å²) < 4.78 is 0.726. The van der Waals surface area contributed by atoms with Gasteiger partial charge in [0.05, 0.1) is 3.57 Å². The van der Waals surface area contributed by atoms with Crippen LogP contribution in [0.4, 0.5) is 0 Å². The van der Waals surface area contributed by atoms with Gasteiger partial charge < -0.3 is 10.0 Å². The fraction of sp³-hybridized carbons (Fsp3) is 0.300. The third kappa shape index (κ3) is 3.24. The first-order valence-corrected chi connectivity index (χ1v) is 5.97. The lowest BCUT2D eigenvalue weighted by Gasteiger charge is -2.15. The summed E-state index contributed by atoms with van der Waals surface area (Å²) in [5.41, 5.74) is 0.473. The Morgan fingerprint density at radius 1 is 1.60 bits per heavy atom. The largest absolute Gasteiger partial charge is 0.507 e. The molecular formula is C10H11ClINO2. The maximum absolute atomic E-state index is 11.8. The lowest BCUT2D eigenvalue weighted by Crippen LogP contribution is -2.28. The fourth-order valence-electron chi connectivity index (χ4n) is 1.09. The molecule has 0 aliphatic rings. The summed E-state index contributed by atoms with van der Waals surface area (Å²) in [6, 6.07) is 4.86. The number of hydrogen-bond donors (Lipinski definition) is 1. The summed E-state index contributed by atoms with van der Waals surface area (Å²) in [5.74, 6) is 0.390. The van der Waals surface area contributed by atoms with Crippen LogP contribution in [0.25, 0.3) is 0 Å². The van der Waals surface area contributed by atoms with Gasteiger partial charge in [-0.25, -0.2) is 0 Å². The van der Waals surface area contributed by atoms with E-state index in [0.29, 0.717) is 18.0 Å². The van der Waals surface area contributed by atoms with Crippen LogP contribution in [0.3, 0.4) is 0 Å². The number of nitrogens with zero attached hydrogens (tertiary/aromatic N) is 1. The summed E-state index contributed by atoms with van der Waals surface area (Å²) in [6.45, 7) is 0.493. The van der Waals surface area contributed by atoms with Gasteiger partial charge in [-0.2, -0.15) is 0 Å². The van der Waals surface area contributed by atoms with Crippen molar-refractivity contribution in [1.29, 1.82) is 0 Å². The molecule has 1 aromatic rings. The van der Waals surface area contributed by atoms with Gasteiger partial charge in [-0.05, 0) is 40.8 Å². The standard InChI is InChI=1S/C10H11ClINO2/c1-13(5-4-11)10(15)7-2-3-8(12)9(14)6-7/h2-3,6,14H,4-5H2,1H3. The second kappa shape index (κ2) is 5.55. The van der Waals surface area contributed by atoms with E-state index in [4.69, 9.17) is 11.6 Å². The van der Waals surface area contributed by atoms with Crippen LogP contribution in [0.15, 0.2) is 18.2 Å². The Morgan fingerprint density at radius 3 is 2.80 bits per heavy atom. The zero-order chi connectivity index (χ0) is 11.4. The second-order valence-electron chi connectivity index (χ2n) is 3.08. The van der Waals surface area contributed by atoms with Gasteiger partial charge in [-0.15, -0.1) is 11.6 Å². The van der Waals surface area contributed by atoms with Crippen molar-refractivity contribution in [1.82, 2.24) is 4.90 Å². The van der Waals surface area contributed by atoms with E-state index in [1.54, 1.807) is 19.2 Å². The predicted octanol–water partition coefficient (Wildman–Crippen LogP) is 2.31. The number of carbonyl (C=O) groups excluding carboxylic acids is 1. The Balaban J connectivity index is 2.87. The minimum Gasteiger partial charge on any atom is -0.507 e. The third-order valence-electron chi connectivity index (χ3n) is 1.96. The zero-order valence-corrected chi connectivity index (χ0v) is 11.1. The van der Waals surface area contributed by atoms with Gasteiger partial charge in [0, 0.05) is 25.0 Å². The Kier molecular flexibility index (Phi) is 4.66. The van der Waals surface area contributed by atoms with Crippen LogP contribution in [0.2, 0.25) is 0 Å². The summed E-state index contributed by atoms with van der Waals surface area (Å²) in [7, 11) is 1.68. The molecule has 0 spiro atoms. The molecule has 0 unspecified atom stereocenters. The first-order chi connectivity index (χ1) is 7.06. The number of alkyl halides is 1. The molecule has 0 bridgehead atoms. The smallest absolute Gasteiger partial charge is 0.253 e. The topological polar surface area (TPSA) is 40.5 Å². The Morgan fingerprint density at radius 2 is 2.27 bits per heavy atom. The molecule has 0 aromatic heterocycles. The van der Waals surface area contributed by atoms with Crippen LogP contribution in [-0.2, 0) is 0 Å². The number of rotatable bonds is 3. The van der Waals surface area contributed by atoms with E-state index in [1.165, 1.54) is 11.0 Å². The molecule has 82 valence electrons. The van der Waals surface area contributed by atoms with E-state index < -0.39 is 0 Å². The molecule has 1 amide bonds. The molecule has 0 aliphatic carbocycles. The molecule has 1 rings (SSSR count). The molecule has 5 heteroatoms. The molecule has 0 saturated carbocycles. The number of aromatic hydroxyl groups is 1. The zero-order valence-electron chi connectivity index (χ0n) is 8.20. The Bertz CT molecular complexity index is 370. The average molecular weight is 340 g/mol. The van der Waals surface area contributed by atoms with Gasteiger partial charge in [-0.3, -0.25) is 4.79 Å². The van der Waals surface area contributed by atoms with E-state index in [2.05, 4.69) is 0 Å². The number of amides is 1. The van der Waals surface area contributed by atoms with E-state index in [9.17, 15) is 9.90 Å². The number of carbonyl (C=O) groups is 1.